The highest BCUT2D eigenvalue weighted by atomic mass is 32.1. The van der Waals surface area contributed by atoms with Gasteiger partial charge < -0.3 is 4.40 Å². The van der Waals surface area contributed by atoms with E-state index in [0.717, 1.165) is 27.8 Å². The van der Waals surface area contributed by atoms with E-state index in [4.69, 9.17) is 4.98 Å². The van der Waals surface area contributed by atoms with Crippen molar-refractivity contribution in [1.29, 1.82) is 0 Å². The number of thiophene rings is 1. The topological polar surface area (TPSA) is 17.3 Å². The Morgan fingerprint density at radius 2 is 1.31 bits per heavy atom. The van der Waals surface area contributed by atoms with Crippen LogP contribution in [0.1, 0.15) is 0 Å². The third-order valence-electron chi connectivity index (χ3n) is 7.16. The van der Waals surface area contributed by atoms with Gasteiger partial charge in [0.15, 0.2) is 0 Å². The molecule has 8 rings (SSSR count). The van der Waals surface area contributed by atoms with Gasteiger partial charge in [0.05, 0.1) is 27.8 Å². The van der Waals surface area contributed by atoms with Crippen molar-refractivity contribution in [3.8, 4) is 22.4 Å². The Morgan fingerprint density at radius 3 is 2.28 bits per heavy atom. The Labute approximate surface area is 211 Å². The molecular weight excluding hydrogens is 456 g/mol. The third kappa shape index (κ3) is 2.81. The molecule has 0 unspecified atom stereocenters. The summed E-state index contributed by atoms with van der Waals surface area (Å²) in [6.07, 6.45) is 0. The summed E-state index contributed by atoms with van der Waals surface area (Å²) in [6, 6.07) is 43.5. The number of hydrogen-bond acceptors (Lipinski definition) is 2. The van der Waals surface area contributed by atoms with Crippen LogP contribution in [0.3, 0.4) is 0 Å². The molecule has 0 aliphatic rings. The SMILES string of the molecule is c1cc(-c2cccc3c2sc2ccccc23)cc(-c2nc3ccccc3n3c2cc2ccccc23)c1. The second-order valence-corrected chi connectivity index (χ2v) is 10.3. The average Bonchev–Trinajstić information content (AvgIpc) is 3.52. The van der Waals surface area contributed by atoms with Crippen molar-refractivity contribution < 1.29 is 0 Å². The number of nitrogens with zero attached hydrogens (tertiary/aromatic N) is 2. The maximum Gasteiger partial charge on any atom is 0.0951 e. The molecule has 0 saturated carbocycles. The van der Waals surface area contributed by atoms with E-state index in [2.05, 4.69) is 126 Å². The Hall–Kier alpha value is -4.47. The molecule has 0 radical (unpaired) electrons. The minimum Gasteiger partial charge on any atom is -0.306 e. The monoisotopic (exact) mass is 476 g/mol. The molecule has 3 heteroatoms. The molecule has 168 valence electrons. The van der Waals surface area contributed by atoms with E-state index in [-0.39, 0.29) is 0 Å². The normalized spacial score (nSPS) is 11.9. The van der Waals surface area contributed by atoms with Gasteiger partial charge in [-0.2, -0.15) is 0 Å². The number of benzene rings is 5. The van der Waals surface area contributed by atoms with Crippen LogP contribution >= 0.6 is 11.3 Å². The van der Waals surface area contributed by atoms with E-state index < -0.39 is 0 Å². The second kappa shape index (κ2) is 7.51. The summed E-state index contributed by atoms with van der Waals surface area (Å²) in [6.45, 7) is 0. The number of rotatable bonds is 2. The molecule has 0 atom stereocenters. The van der Waals surface area contributed by atoms with Gasteiger partial charge in [0.25, 0.3) is 0 Å². The lowest BCUT2D eigenvalue weighted by atomic mass is 9.99. The van der Waals surface area contributed by atoms with Crippen LogP contribution in [0.4, 0.5) is 0 Å². The average molecular weight is 477 g/mol. The van der Waals surface area contributed by atoms with E-state index in [1.54, 1.807) is 0 Å². The van der Waals surface area contributed by atoms with Crippen molar-refractivity contribution in [1.82, 2.24) is 9.38 Å². The van der Waals surface area contributed by atoms with Crippen LogP contribution in [0.2, 0.25) is 0 Å². The molecule has 3 aromatic heterocycles. The Morgan fingerprint density at radius 1 is 0.556 bits per heavy atom. The molecule has 5 aromatic carbocycles. The molecule has 0 bridgehead atoms. The third-order valence-corrected chi connectivity index (χ3v) is 8.38. The first kappa shape index (κ1) is 19.8. The quantitative estimate of drug-likeness (QED) is 0.243. The molecule has 2 nitrogen and oxygen atoms in total. The predicted octanol–water partition coefficient (Wildman–Crippen LogP) is 9.34. The molecule has 0 spiro atoms. The lowest BCUT2D eigenvalue weighted by Gasteiger charge is -2.11. The Bertz CT molecular complexity index is 2110. The van der Waals surface area contributed by atoms with Gasteiger partial charge in [0, 0.05) is 31.1 Å². The maximum absolute atomic E-state index is 5.18. The summed E-state index contributed by atoms with van der Waals surface area (Å²) >= 11 is 1.87. The second-order valence-electron chi connectivity index (χ2n) is 9.23. The van der Waals surface area contributed by atoms with Gasteiger partial charge in [0.2, 0.25) is 0 Å². The van der Waals surface area contributed by atoms with Gasteiger partial charge in [-0.15, -0.1) is 11.3 Å². The van der Waals surface area contributed by atoms with Gasteiger partial charge in [0.1, 0.15) is 0 Å². The summed E-state index contributed by atoms with van der Waals surface area (Å²) in [5.74, 6) is 0. The lowest BCUT2D eigenvalue weighted by Crippen LogP contribution is -1.95. The van der Waals surface area contributed by atoms with Gasteiger partial charge in [-0.25, -0.2) is 4.98 Å². The molecule has 0 saturated heterocycles. The van der Waals surface area contributed by atoms with Crippen molar-refractivity contribution >= 4 is 59.0 Å². The van der Waals surface area contributed by atoms with Crippen molar-refractivity contribution in [3.05, 3.63) is 121 Å². The van der Waals surface area contributed by atoms with Gasteiger partial charge >= 0.3 is 0 Å². The van der Waals surface area contributed by atoms with Crippen molar-refractivity contribution in [2.45, 2.75) is 0 Å². The van der Waals surface area contributed by atoms with E-state index >= 15 is 0 Å². The summed E-state index contributed by atoms with van der Waals surface area (Å²) < 4.78 is 5.02. The minimum atomic E-state index is 0.998. The first-order chi connectivity index (χ1) is 17.8. The highest BCUT2D eigenvalue weighted by Crippen LogP contribution is 2.41. The molecule has 0 aliphatic carbocycles. The summed E-state index contributed by atoms with van der Waals surface area (Å²) in [5.41, 5.74) is 9.09. The first-order valence-corrected chi connectivity index (χ1v) is 13.0. The lowest BCUT2D eigenvalue weighted by molar-refractivity contribution is 1.27. The fourth-order valence-electron chi connectivity index (χ4n) is 5.54. The van der Waals surface area contributed by atoms with Crippen LogP contribution in [0.25, 0.3) is 70.0 Å². The number of aromatic nitrogens is 2. The minimum absolute atomic E-state index is 0.998. The van der Waals surface area contributed by atoms with Crippen molar-refractivity contribution in [2.75, 3.05) is 0 Å². The standard InChI is InChI=1S/C33H20N2S/c1-4-16-28-22(9-1)20-30-32(34-27-15-3-5-17-29(27)35(28)30)23-11-7-10-21(19-23)24-13-8-14-26-25-12-2-6-18-31(25)36-33(24)26/h1-20H. The maximum atomic E-state index is 5.18. The van der Waals surface area contributed by atoms with Crippen LogP contribution < -0.4 is 0 Å². The number of hydrogen-bond donors (Lipinski definition) is 0. The zero-order valence-corrected chi connectivity index (χ0v) is 20.2. The van der Waals surface area contributed by atoms with Crippen LogP contribution in [-0.2, 0) is 0 Å². The largest absolute Gasteiger partial charge is 0.306 e. The number of para-hydroxylation sites is 3. The zero-order chi connectivity index (χ0) is 23.6. The number of fused-ring (bicyclic) bond motifs is 8. The van der Waals surface area contributed by atoms with Gasteiger partial charge in [-0.1, -0.05) is 84.9 Å². The summed E-state index contributed by atoms with van der Waals surface area (Å²) in [4.78, 5) is 5.18. The highest BCUT2D eigenvalue weighted by Gasteiger charge is 2.15. The molecule has 0 N–H and O–H groups in total. The summed E-state index contributed by atoms with van der Waals surface area (Å²) in [7, 11) is 0. The van der Waals surface area contributed by atoms with E-state index in [9.17, 15) is 0 Å². The fraction of sp³-hybridized carbons (Fsp3) is 0. The van der Waals surface area contributed by atoms with Crippen molar-refractivity contribution in [2.24, 2.45) is 0 Å². The molecule has 3 heterocycles. The molecule has 0 aliphatic heterocycles. The summed E-state index contributed by atoms with van der Waals surface area (Å²) in [5, 5.41) is 3.87. The Kier molecular flexibility index (Phi) is 4.13. The van der Waals surface area contributed by atoms with Crippen LogP contribution in [0.5, 0.6) is 0 Å². The highest BCUT2D eigenvalue weighted by molar-refractivity contribution is 7.26. The molecule has 0 fully saturated rings. The zero-order valence-electron chi connectivity index (χ0n) is 19.3. The molecular formula is C33H20N2S. The van der Waals surface area contributed by atoms with Crippen LogP contribution in [-0.4, -0.2) is 9.38 Å². The molecule has 8 aromatic rings. The van der Waals surface area contributed by atoms with E-state index in [0.29, 0.717) is 0 Å². The van der Waals surface area contributed by atoms with Crippen molar-refractivity contribution in [3.63, 3.8) is 0 Å². The van der Waals surface area contributed by atoms with Gasteiger partial charge in [-0.05, 0) is 47.5 Å². The predicted molar refractivity (Wildman–Crippen MR) is 154 cm³/mol. The van der Waals surface area contributed by atoms with Crippen LogP contribution in [0.15, 0.2) is 121 Å². The molecule has 0 amide bonds. The Balaban J connectivity index is 1.41. The van der Waals surface area contributed by atoms with Gasteiger partial charge in [-0.3, -0.25) is 0 Å². The van der Waals surface area contributed by atoms with Crippen LogP contribution in [0, 0.1) is 0 Å². The molecule has 36 heavy (non-hydrogen) atoms. The van der Waals surface area contributed by atoms with E-state index in [1.807, 2.05) is 11.3 Å². The van der Waals surface area contributed by atoms with E-state index in [1.165, 1.54) is 42.2 Å². The smallest absolute Gasteiger partial charge is 0.0951 e. The fourth-order valence-corrected chi connectivity index (χ4v) is 6.77. The first-order valence-electron chi connectivity index (χ1n) is 12.2.